The average molecular weight is 501 g/mol. The molecule has 0 spiro atoms. The summed E-state index contributed by atoms with van der Waals surface area (Å²) >= 11 is 0. The molecule has 0 aliphatic heterocycles. The Hall–Kier alpha value is -2.15. The van der Waals surface area contributed by atoms with Crippen LogP contribution in [-0.2, 0) is 10.2 Å². The summed E-state index contributed by atoms with van der Waals surface area (Å²) in [6.07, 6.45) is 8.02. The van der Waals surface area contributed by atoms with Crippen molar-refractivity contribution in [3.63, 3.8) is 0 Å². The van der Waals surface area contributed by atoms with Crippen molar-refractivity contribution in [2.45, 2.75) is 115 Å². The Labute approximate surface area is 223 Å². The molecule has 6 atom stereocenters. The average Bonchev–Trinajstić information content (AvgIpc) is 3.06. The SMILES string of the molecule is CCCC#CC[C@@]1(O)[C@H](O)C[C@H]2[C@@H]3CCC4=CC(=O)CCC4=C3[C@@H](c3ccc(C(C)(C)C)cc3)C[C@@]21C. The van der Waals surface area contributed by atoms with Crippen molar-refractivity contribution >= 4 is 5.78 Å². The van der Waals surface area contributed by atoms with Gasteiger partial charge in [-0.2, -0.15) is 0 Å². The van der Waals surface area contributed by atoms with Crippen molar-refractivity contribution in [3.05, 3.63) is 58.2 Å². The number of aliphatic hydroxyl groups excluding tert-OH is 1. The fourth-order valence-corrected chi connectivity index (χ4v) is 8.00. The van der Waals surface area contributed by atoms with Crippen molar-refractivity contribution in [3.8, 4) is 11.8 Å². The summed E-state index contributed by atoms with van der Waals surface area (Å²) in [6.45, 7) is 11.1. The van der Waals surface area contributed by atoms with Gasteiger partial charge in [-0.15, -0.1) is 11.8 Å². The molecule has 198 valence electrons. The smallest absolute Gasteiger partial charge is 0.156 e. The number of aliphatic hydroxyl groups is 2. The van der Waals surface area contributed by atoms with Crippen LogP contribution in [-0.4, -0.2) is 27.7 Å². The van der Waals surface area contributed by atoms with E-state index in [-0.39, 0.29) is 23.0 Å². The first kappa shape index (κ1) is 26.5. The monoisotopic (exact) mass is 500 g/mol. The molecule has 0 bridgehead atoms. The van der Waals surface area contributed by atoms with Crippen molar-refractivity contribution in [1.29, 1.82) is 0 Å². The van der Waals surface area contributed by atoms with Gasteiger partial charge < -0.3 is 10.2 Å². The highest BCUT2D eigenvalue weighted by Crippen LogP contribution is 2.67. The van der Waals surface area contributed by atoms with E-state index in [4.69, 9.17) is 0 Å². The van der Waals surface area contributed by atoms with E-state index in [0.29, 0.717) is 25.2 Å². The summed E-state index contributed by atoms with van der Waals surface area (Å²) in [5.74, 6) is 7.41. The third-order valence-electron chi connectivity index (χ3n) is 10.2. The van der Waals surface area contributed by atoms with E-state index in [0.717, 1.165) is 38.5 Å². The summed E-state index contributed by atoms with van der Waals surface area (Å²) in [7, 11) is 0. The van der Waals surface area contributed by atoms with Crippen LogP contribution in [0, 0.1) is 29.1 Å². The fraction of sp³-hybridized carbons (Fsp3) is 0.618. The number of unbranched alkanes of at least 4 members (excludes halogenated alkanes) is 1. The van der Waals surface area contributed by atoms with Gasteiger partial charge >= 0.3 is 0 Å². The summed E-state index contributed by atoms with van der Waals surface area (Å²) < 4.78 is 0. The van der Waals surface area contributed by atoms with Gasteiger partial charge in [0.1, 0.15) is 5.60 Å². The molecule has 0 aromatic heterocycles. The Morgan fingerprint density at radius 1 is 1.08 bits per heavy atom. The summed E-state index contributed by atoms with van der Waals surface area (Å²) in [5.41, 5.74) is 5.18. The molecule has 2 saturated carbocycles. The van der Waals surface area contributed by atoms with Gasteiger partial charge in [0.25, 0.3) is 0 Å². The normalized spacial score (nSPS) is 35.2. The van der Waals surface area contributed by atoms with Gasteiger partial charge in [-0.05, 0) is 84.1 Å². The molecule has 0 heterocycles. The first-order valence-electron chi connectivity index (χ1n) is 14.4. The van der Waals surface area contributed by atoms with E-state index < -0.39 is 17.1 Å². The van der Waals surface area contributed by atoms with Crippen LogP contribution in [0.15, 0.2) is 47.1 Å². The van der Waals surface area contributed by atoms with E-state index in [1.165, 1.54) is 27.8 Å². The van der Waals surface area contributed by atoms with Crippen molar-refractivity contribution < 1.29 is 15.0 Å². The van der Waals surface area contributed by atoms with E-state index in [1.807, 2.05) is 6.08 Å². The Balaban J connectivity index is 1.62. The van der Waals surface area contributed by atoms with E-state index >= 15 is 0 Å². The van der Waals surface area contributed by atoms with Crippen LogP contribution in [0.1, 0.15) is 109 Å². The van der Waals surface area contributed by atoms with Crippen molar-refractivity contribution in [2.75, 3.05) is 0 Å². The quantitative estimate of drug-likeness (QED) is 0.450. The minimum absolute atomic E-state index is 0.0873. The maximum Gasteiger partial charge on any atom is 0.156 e. The molecule has 37 heavy (non-hydrogen) atoms. The van der Waals surface area contributed by atoms with Gasteiger partial charge in [0.15, 0.2) is 5.78 Å². The minimum Gasteiger partial charge on any atom is -0.390 e. The largest absolute Gasteiger partial charge is 0.390 e. The summed E-state index contributed by atoms with van der Waals surface area (Å²) in [6, 6.07) is 9.10. The molecule has 3 nitrogen and oxygen atoms in total. The number of hydrogen-bond acceptors (Lipinski definition) is 3. The third kappa shape index (κ3) is 4.35. The second kappa shape index (κ2) is 9.55. The highest BCUT2D eigenvalue weighted by atomic mass is 16.3. The Morgan fingerprint density at radius 3 is 2.49 bits per heavy atom. The van der Waals surface area contributed by atoms with Crippen LogP contribution in [0.4, 0.5) is 0 Å². The first-order valence-corrected chi connectivity index (χ1v) is 14.4. The Bertz CT molecular complexity index is 1180. The van der Waals surface area contributed by atoms with E-state index in [1.54, 1.807) is 0 Å². The van der Waals surface area contributed by atoms with Gasteiger partial charge in [0.2, 0.25) is 0 Å². The molecule has 4 aliphatic rings. The molecule has 1 aromatic carbocycles. The molecular formula is C34H44O3. The van der Waals surface area contributed by atoms with E-state index in [2.05, 4.69) is 70.7 Å². The topological polar surface area (TPSA) is 57.5 Å². The molecule has 5 rings (SSSR count). The molecule has 1 aromatic rings. The van der Waals surface area contributed by atoms with Crippen LogP contribution in [0.2, 0.25) is 0 Å². The van der Waals surface area contributed by atoms with Gasteiger partial charge in [-0.3, -0.25) is 4.79 Å². The number of hydrogen-bond donors (Lipinski definition) is 2. The van der Waals surface area contributed by atoms with Gasteiger partial charge in [-0.1, -0.05) is 64.5 Å². The lowest BCUT2D eigenvalue weighted by atomic mass is 9.51. The van der Waals surface area contributed by atoms with Gasteiger partial charge in [0, 0.05) is 30.6 Å². The highest BCUT2D eigenvalue weighted by molar-refractivity contribution is 5.93. The third-order valence-corrected chi connectivity index (χ3v) is 10.2. The predicted molar refractivity (Wildman–Crippen MR) is 149 cm³/mol. The zero-order valence-electron chi connectivity index (χ0n) is 23.4. The zero-order chi connectivity index (χ0) is 26.6. The van der Waals surface area contributed by atoms with Crippen LogP contribution in [0.5, 0.6) is 0 Å². The zero-order valence-corrected chi connectivity index (χ0v) is 23.4. The predicted octanol–water partition coefficient (Wildman–Crippen LogP) is 6.78. The fourth-order valence-electron chi connectivity index (χ4n) is 8.00. The van der Waals surface area contributed by atoms with E-state index in [9.17, 15) is 15.0 Å². The van der Waals surface area contributed by atoms with Gasteiger partial charge in [0.05, 0.1) is 6.10 Å². The summed E-state index contributed by atoms with van der Waals surface area (Å²) in [5, 5.41) is 23.5. The first-order chi connectivity index (χ1) is 17.5. The summed E-state index contributed by atoms with van der Waals surface area (Å²) in [4.78, 5) is 12.3. The highest BCUT2D eigenvalue weighted by Gasteiger charge is 2.66. The molecular weight excluding hydrogens is 456 g/mol. The molecule has 2 N–H and O–H groups in total. The second-order valence-electron chi connectivity index (χ2n) is 13.3. The molecule has 0 saturated heterocycles. The standard InChI is InChI=1S/C34H44O3/c1-6-7-8-9-18-34(37)30(36)20-29-27-16-12-23-19-25(35)15-17-26(23)31(27)28(21-33(29,34)5)22-10-13-24(14-11-22)32(2,3)4/h10-11,13-14,19,27-30,36-37H,6-7,12,15-18,20-21H2,1-5H3/t27-,28+,29-,30+,33-,34+/m0/s1. The maximum atomic E-state index is 12.3. The number of carbonyl (C=O) groups excluding carboxylic acids is 1. The number of benzene rings is 1. The van der Waals surface area contributed by atoms with Crippen molar-refractivity contribution in [2.24, 2.45) is 17.3 Å². The Morgan fingerprint density at radius 2 is 1.81 bits per heavy atom. The van der Waals surface area contributed by atoms with Gasteiger partial charge in [-0.25, -0.2) is 0 Å². The molecule has 3 heteroatoms. The molecule has 4 aliphatic carbocycles. The van der Waals surface area contributed by atoms with Crippen LogP contribution < -0.4 is 0 Å². The maximum absolute atomic E-state index is 12.3. The molecule has 0 unspecified atom stereocenters. The van der Waals surface area contributed by atoms with Crippen LogP contribution in [0.3, 0.4) is 0 Å². The minimum atomic E-state index is -1.21. The second-order valence-corrected chi connectivity index (χ2v) is 13.3. The van der Waals surface area contributed by atoms with Crippen LogP contribution in [0.25, 0.3) is 0 Å². The number of rotatable bonds is 3. The Kier molecular flexibility index (Phi) is 6.83. The van der Waals surface area contributed by atoms with Crippen LogP contribution >= 0.6 is 0 Å². The molecule has 0 radical (unpaired) electrons. The lowest BCUT2D eigenvalue weighted by molar-refractivity contribution is -0.133. The lowest BCUT2D eigenvalue weighted by Gasteiger charge is -2.54. The number of ketones is 1. The molecule has 2 fully saturated rings. The lowest BCUT2D eigenvalue weighted by Crippen LogP contribution is -2.54. The number of carbonyl (C=O) groups is 1. The molecule has 0 amide bonds. The van der Waals surface area contributed by atoms with Crippen molar-refractivity contribution in [1.82, 2.24) is 0 Å². The number of allylic oxidation sites excluding steroid dienone is 4. The number of fused-ring (bicyclic) bond motifs is 4.